The highest BCUT2D eigenvalue weighted by atomic mass is 15.6. The van der Waals surface area contributed by atoms with Gasteiger partial charge in [-0.2, -0.15) is 0 Å². The third-order valence-corrected chi connectivity index (χ3v) is 5.90. The molecule has 0 amide bonds. The van der Waals surface area contributed by atoms with Crippen LogP contribution < -0.4 is 4.90 Å². The van der Waals surface area contributed by atoms with Crippen LogP contribution in [0.25, 0.3) is 0 Å². The van der Waals surface area contributed by atoms with Crippen LogP contribution in [0.4, 0.5) is 5.69 Å². The fourth-order valence-electron chi connectivity index (χ4n) is 4.31. The van der Waals surface area contributed by atoms with Gasteiger partial charge in [0, 0.05) is 31.9 Å². The van der Waals surface area contributed by atoms with Crippen molar-refractivity contribution in [1.82, 2.24) is 25.1 Å². The minimum Gasteiger partial charge on any atom is -0.369 e. The Hall–Kier alpha value is -3.51. The van der Waals surface area contributed by atoms with Gasteiger partial charge in [-0.3, -0.25) is 4.90 Å². The molecule has 0 aliphatic carbocycles. The predicted octanol–water partition coefficient (Wildman–Crippen LogP) is 3.63. The molecule has 0 saturated carbocycles. The second-order valence-electron chi connectivity index (χ2n) is 7.85. The molecule has 1 saturated heterocycles. The molecular formula is C25H26N6. The van der Waals surface area contributed by atoms with E-state index in [4.69, 9.17) is 0 Å². The van der Waals surface area contributed by atoms with E-state index in [9.17, 15) is 0 Å². The summed E-state index contributed by atoms with van der Waals surface area (Å²) < 4.78 is 1.94. The first-order valence-electron chi connectivity index (χ1n) is 10.8. The number of rotatable bonds is 6. The summed E-state index contributed by atoms with van der Waals surface area (Å²) in [5.74, 6) is 0.892. The molecule has 6 heteroatoms. The Morgan fingerprint density at radius 1 is 0.710 bits per heavy atom. The smallest absolute Gasteiger partial charge is 0.173 e. The molecule has 2 heterocycles. The summed E-state index contributed by atoms with van der Waals surface area (Å²) in [6.07, 6.45) is 0. The third-order valence-electron chi connectivity index (χ3n) is 5.90. The maximum absolute atomic E-state index is 4.49. The van der Waals surface area contributed by atoms with Crippen LogP contribution in [0, 0.1) is 0 Å². The summed E-state index contributed by atoms with van der Waals surface area (Å²) in [6, 6.07) is 31.6. The maximum Gasteiger partial charge on any atom is 0.173 e. The zero-order valence-corrected chi connectivity index (χ0v) is 17.5. The molecule has 3 aromatic carbocycles. The summed E-state index contributed by atoms with van der Waals surface area (Å²) in [5, 5.41) is 12.9. The SMILES string of the molecule is c1ccc(Cn2nnnc2[C@@H](c2ccccc2)N2CCN(c3ccccc3)CC2)cc1. The van der Waals surface area contributed by atoms with Crippen molar-refractivity contribution in [1.29, 1.82) is 0 Å². The molecule has 1 fully saturated rings. The molecule has 1 atom stereocenters. The number of tetrazole rings is 1. The molecule has 0 radical (unpaired) electrons. The van der Waals surface area contributed by atoms with E-state index in [0.717, 1.165) is 32.0 Å². The van der Waals surface area contributed by atoms with Crippen molar-refractivity contribution < 1.29 is 0 Å². The Kier molecular flexibility index (Phi) is 5.71. The fourth-order valence-corrected chi connectivity index (χ4v) is 4.31. The third kappa shape index (κ3) is 4.34. The van der Waals surface area contributed by atoms with Gasteiger partial charge in [0.1, 0.15) is 0 Å². The Balaban J connectivity index is 1.41. The minimum absolute atomic E-state index is 0.0258. The number of aromatic nitrogens is 4. The largest absolute Gasteiger partial charge is 0.369 e. The van der Waals surface area contributed by atoms with Crippen molar-refractivity contribution in [2.45, 2.75) is 12.6 Å². The van der Waals surface area contributed by atoms with Crippen LogP contribution in [0.5, 0.6) is 0 Å². The predicted molar refractivity (Wildman–Crippen MR) is 122 cm³/mol. The van der Waals surface area contributed by atoms with Crippen LogP contribution in [-0.2, 0) is 6.54 Å². The van der Waals surface area contributed by atoms with Crippen LogP contribution in [0.2, 0.25) is 0 Å². The number of para-hydroxylation sites is 1. The molecule has 0 bridgehead atoms. The lowest BCUT2D eigenvalue weighted by Gasteiger charge is -2.39. The zero-order valence-electron chi connectivity index (χ0n) is 17.5. The molecule has 1 aromatic heterocycles. The van der Waals surface area contributed by atoms with Crippen LogP contribution >= 0.6 is 0 Å². The summed E-state index contributed by atoms with van der Waals surface area (Å²) >= 11 is 0. The van der Waals surface area contributed by atoms with Crippen molar-refractivity contribution >= 4 is 5.69 Å². The first kappa shape index (κ1) is 19.5. The van der Waals surface area contributed by atoms with Crippen molar-refractivity contribution in [2.24, 2.45) is 0 Å². The number of anilines is 1. The van der Waals surface area contributed by atoms with Gasteiger partial charge in [0.05, 0.1) is 12.6 Å². The van der Waals surface area contributed by atoms with Gasteiger partial charge in [-0.15, -0.1) is 5.10 Å². The number of hydrogen-bond donors (Lipinski definition) is 0. The first-order valence-corrected chi connectivity index (χ1v) is 10.8. The Morgan fingerprint density at radius 3 is 2.00 bits per heavy atom. The molecule has 1 aliphatic heterocycles. The van der Waals surface area contributed by atoms with Gasteiger partial charge < -0.3 is 4.90 Å². The summed E-state index contributed by atoms with van der Waals surface area (Å²) in [6.45, 7) is 4.52. The zero-order chi connectivity index (χ0) is 20.9. The standard InChI is InChI=1S/C25H26N6/c1-4-10-21(11-5-1)20-31-25(26-27-28-31)24(22-12-6-2-7-13-22)30-18-16-29(17-19-30)23-14-8-3-9-15-23/h1-15,24H,16-20H2/t24-/m1/s1. The van der Waals surface area contributed by atoms with E-state index in [1.54, 1.807) is 0 Å². The highest BCUT2D eigenvalue weighted by Crippen LogP contribution is 2.29. The number of benzene rings is 3. The molecule has 6 nitrogen and oxygen atoms in total. The van der Waals surface area contributed by atoms with E-state index in [2.05, 4.69) is 110 Å². The molecule has 0 N–H and O–H groups in total. The molecule has 4 aromatic rings. The minimum atomic E-state index is 0.0258. The molecule has 31 heavy (non-hydrogen) atoms. The van der Waals surface area contributed by atoms with Crippen molar-refractivity contribution in [3.05, 3.63) is 108 Å². The topological polar surface area (TPSA) is 50.1 Å². The van der Waals surface area contributed by atoms with Gasteiger partial charge in [-0.1, -0.05) is 78.9 Å². The maximum atomic E-state index is 4.49. The van der Waals surface area contributed by atoms with Gasteiger partial charge in [0.25, 0.3) is 0 Å². The van der Waals surface area contributed by atoms with Crippen molar-refractivity contribution in [2.75, 3.05) is 31.1 Å². The van der Waals surface area contributed by atoms with E-state index < -0.39 is 0 Å². The van der Waals surface area contributed by atoms with E-state index >= 15 is 0 Å². The van der Waals surface area contributed by atoms with Crippen LogP contribution in [0.15, 0.2) is 91.0 Å². The van der Waals surface area contributed by atoms with E-state index in [1.165, 1.54) is 16.8 Å². The Labute approximate surface area is 182 Å². The lowest BCUT2D eigenvalue weighted by molar-refractivity contribution is 0.201. The van der Waals surface area contributed by atoms with E-state index in [1.807, 2.05) is 10.7 Å². The Bertz CT molecular complexity index is 1070. The van der Waals surface area contributed by atoms with Crippen LogP contribution in [0.3, 0.4) is 0 Å². The Morgan fingerprint density at radius 2 is 1.32 bits per heavy atom. The normalized spacial score (nSPS) is 15.7. The molecule has 1 aliphatic rings. The van der Waals surface area contributed by atoms with Gasteiger partial charge in [-0.05, 0) is 33.7 Å². The first-order chi connectivity index (χ1) is 15.4. The van der Waals surface area contributed by atoms with Gasteiger partial charge in [0.2, 0.25) is 0 Å². The second-order valence-corrected chi connectivity index (χ2v) is 7.85. The highest BCUT2D eigenvalue weighted by Gasteiger charge is 2.30. The number of piperazine rings is 1. The summed E-state index contributed by atoms with van der Waals surface area (Å²) in [5.41, 5.74) is 3.70. The molecule has 5 rings (SSSR count). The monoisotopic (exact) mass is 410 g/mol. The summed E-state index contributed by atoms with van der Waals surface area (Å²) in [4.78, 5) is 4.95. The van der Waals surface area contributed by atoms with E-state index in [-0.39, 0.29) is 6.04 Å². The second kappa shape index (κ2) is 9.10. The quantitative estimate of drug-likeness (QED) is 0.486. The fraction of sp³-hybridized carbons (Fsp3) is 0.240. The lowest BCUT2D eigenvalue weighted by atomic mass is 10.0. The van der Waals surface area contributed by atoms with Gasteiger partial charge in [0.15, 0.2) is 5.82 Å². The van der Waals surface area contributed by atoms with Crippen molar-refractivity contribution in [3.63, 3.8) is 0 Å². The molecule has 0 spiro atoms. The number of hydrogen-bond acceptors (Lipinski definition) is 5. The van der Waals surface area contributed by atoms with Crippen LogP contribution in [-0.4, -0.2) is 51.3 Å². The van der Waals surface area contributed by atoms with Gasteiger partial charge in [-0.25, -0.2) is 4.68 Å². The van der Waals surface area contributed by atoms with Crippen LogP contribution in [0.1, 0.15) is 23.0 Å². The van der Waals surface area contributed by atoms with E-state index in [0.29, 0.717) is 6.54 Å². The molecule has 0 unspecified atom stereocenters. The lowest BCUT2D eigenvalue weighted by Crippen LogP contribution is -2.48. The van der Waals surface area contributed by atoms with Gasteiger partial charge >= 0.3 is 0 Å². The average molecular weight is 411 g/mol. The average Bonchev–Trinajstić information content (AvgIpc) is 3.29. The highest BCUT2D eigenvalue weighted by molar-refractivity contribution is 5.46. The molecular weight excluding hydrogens is 384 g/mol. The molecule has 156 valence electrons. The van der Waals surface area contributed by atoms with Crippen molar-refractivity contribution in [3.8, 4) is 0 Å². The summed E-state index contributed by atoms with van der Waals surface area (Å²) in [7, 11) is 0. The number of nitrogens with zero attached hydrogens (tertiary/aromatic N) is 6.